The standard InChI is InChI=1S/C5H11BO2/c1-3-5(4-2)6(7)8/h3,7-8H,4H2,1-2H3/b5-3+. The predicted octanol–water partition coefficient (Wildman–Crippen LogP) is 0.355. The molecule has 0 unspecified atom stereocenters. The molecule has 0 aromatic carbocycles. The molecule has 46 valence electrons. The molecule has 0 aliphatic carbocycles. The lowest BCUT2D eigenvalue weighted by Gasteiger charge is -1.97. The van der Waals surface area contributed by atoms with E-state index in [-0.39, 0.29) is 0 Å². The van der Waals surface area contributed by atoms with E-state index in [0.717, 1.165) is 0 Å². The Hall–Kier alpha value is -0.275. The molecule has 0 aromatic rings. The van der Waals surface area contributed by atoms with Crippen LogP contribution in [0.5, 0.6) is 0 Å². The first-order valence-corrected chi connectivity index (χ1v) is 2.73. The fourth-order valence-electron chi connectivity index (χ4n) is 0.536. The molecular formula is C5H11BO2. The topological polar surface area (TPSA) is 40.5 Å². The fourth-order valence-corrected chi connectivity index (χ4v) is 0.536. The second-order valence-corrected chi connectivity index (χ2v) is 1.59. The third kappa shape index (κ3) is 2.14. The minimum atomic E-state index is -1.26. The van der Waals surface area contributed by atoms with Crippen LogP contribution in [-0.2, 0) is 0 Å². The van der Waals surface area contributed by atoms with Crippen LogP contribution >= 0.6 is 0 Å². The van der Waals surface area contributed by atoms with Crippen LogP contribution in [0, 0.1) is 0 Å². The van der Waals surface area contributed by atoms with Gasteiger partial charge in [-0.3, -0.25) is 0 Å². The van der Waals surface area contributed by atoms with Crippen LogP contribution in [0.25, 0.3) is 0 Å². The van der Waals surface area contributed by atoms with E-state index in [9.17, 15) is 0 Å². The lowest BCUT2D eigenvalue weighted by atomic mass is 9.78. The first-order chi connectivity index (χ1) is 3.72. The van der Waals surface area contributed by atoms with E-state index in [2.05, 4.69) is 0 Å². The monoisotopic (exact) mass is 114 g/mol. The number of allylic oxidation sites excluding steroid dienone is 2. The summed E-state index contributed by atoms with van der Waals surface area (Å²) >= 11 is 0. The molecule has 3 heteroatoms. The van der Waals surface area contributed by atoms with Gasteiger partial charge in [0.05, 0.1) is 0 Å². The fraction of sp³-hybridized carbons (Fsp3) is 0.600. The Morgan fingerprint density at radius 3 is 2.12 bits per heavy atom. The van der Waals surface area contributed by atoms with Crippen molar-refractivity contribution in [3.63, 3.8) is 0 Å². The lowest BCUT2D eigenvalue weighted by Crippen LogP contribution is -2.14. The smallest absolute Gasteiger partial charge is 0.423 e. The van der Waals surface area contributed by atoms with Gasteiger partial charge in [-0.2, -0.15) is 0 Å². The molecule has 0 amide bonds. The van der Waals surface area contributed by atoms with E-state index >= 15 is 0 Å². The highest BCUT2D eigenvalue weighted by molar-refractivity contribution is 6.50. The molecule has 0 bridgehead atoms. The summed E-state index contributed by atoms with van der Waals surface area (Å²) in [6.07, 6.45) is 2.42. The maximum absolute atomic E-state index is 8.50. The summed E-state index contributed by atoms with van der Waals surface area (Å²) in [6, 6.07) is 0. The molecule has 2 nitrogen and oxygen atoms in total. The van der Waals surface area contributed by atoms with Gasteiger partial charge in [-0.05, 0) is 18.8 Å². The molecule has 0 saturated heterocycles. The third-order valence-electron chi connectivity index (χ3n) is 1.11. The van der Waals surface area contributed by atoms with E-state index in [4.69, 9.17) is 10.0 Å². The molecule has 0 aliphatic heterocycles. The van der Waals surface area contributed by atoms with Gasteiger partial charge in [0.25, 0.3) is 0 Å². The highest BCUT2D eigenvalue weighted by atomic mass is 16.4. The summed E-state index contributed by atoms with van der Waals surface area (Å²) in [6.45, 7) is 3.67. The molecular weight excluding hydrogens is 103 g/mol. The highest BCUT2D eigenvalue weighted by Gasteiger charge is 2.09. The van der Waals surface area contributed by atoms with Gasteiger partial charge in [0.15, 0.2) is 0 Å². The maximum atomic E-state index is 8.50. The number of hydrogen-bond acceptors (Lipinski definition) is 2. The van der Waals surface area contributed by atoms with Crippen molar-refractivity contribution in [3.05, 3.63) is 11.5 Å². The van der Waals surface area contributed by atoms with Crippen LogP contribution < -0.4 is 0 Å². The Morgan fingerprint density at radius 1 is 1.62 bits per heavy atom. The van der Waals surface area contributed by atoms with E-state index in [1.807, 2.05) is 6.92 Å². The van der Waals surface area contributed by atoms with Crippen LogP contribution in [0.3, 0.4) is 0 Å². The van der Waals surface area contributed by atoms with Gasteiger partial charge < -0.3 is 10.0 Å². The summed E-state index contributed by atoms with van der Waals surface area (Å²) in [4.78, 5) is 0. The van der Waals surface area contributed by atoms with E-state index in [1.165, 1.54) is 0 Å². The SMILES string of the molecule is C/C=C(\CC)B(O)O. The summed E-state index contributed by atoms with van der Waals surface area (Å²) in [5.41, 5.74) is 0.671. The van der Waals surface area contributed by atoms with Crippen LogP contribution in [0.4, 0.5) is 0 Å². The minimum Gasteiger partial charge on any atom is -0.423 e. The van der Waals surface area contributed by atoms with Crippen LogP contribution in [0.15, 0.2) is 11.5 Å². The summed E-state index contributed by atoms with van der Waals surface area (Å²) in [7, 11) is -1.26. The van der Waals surface area contributed by atoms with Gasteiger partial charge in [0, 0.05) is 0 Å². The Bertz CT molecular complexity index is 88.4. The molecule has 0 saturated carbocycles. The molecule has 0 spiro atoms. The van der Waals surface area contributed by atoms with E-state index in [0.29, 0.717) is 11.9 Å². The van der Waals surface area contributed by atoms with Gasteiger partial charge in [-0.25, -0.2) is 0 Å². The van der Waals surface area contributed by atoms with Gasteiger partial charge >= 0.3 is 7.12 Å². The Morgan fingerprint density at radius 2 is 2.12 bits per heavy atom. The minimum absolute atomic E-state index is 0.671. The lowest BCUT2D eigenvalue weighted by molar-refractivity contribution is 0.417. The summed E-state index contributed by atoms with van der Waals surface area (Å²) in [5, 5.41) is 17.0. The van der Waals surface area contributed by atoms with Crippen molar-refractivity contribution >= 4 is 7.12 Å². The molecule has 8 heavy (non-hydrogen) atoms. The van der Waals surface area contributed by atoms with Gasteiger partial charge in [0.1, 0.15) is 0 Å². The van der Waals surface area contributed by atoms with E-state index < -0.39 is 7.12 Å². The molecule has 2 N–H and O–H groups in total. The van der Waals surface area contributed by atoms with Crippen molar-refractivity contribution in [1.82, 2.24) is 0 Å². The van der Waals surface area contributed by atoms with Crippen molar-refractivity contribution < 1.29 is 10.0 Å². The summed E-state index contributed by atoms with van der Waals surface area (Å²) in [5.74, 6) is 0. The van der Waals surface area contributed by atoms with Gasteiger partial charge in [0.2, 0.25) is 0 Å². The zero-order valence-corrected chi connectivity index (χ0v) is 5.26. The molecule has 0 aromatic heterocycles. The summed E-state index contributed by atoms with van der Waals surface area (Å²) < 4.78 is 0. The second-order valence-electron chi connectivity index (χ2n) is 1.59. The molecule has 0 aliphatic rings. The second kappa shape index (κ2) is 3.69. The van der Waals surface area contributed by atoms with Crippen molar-refractivity contribution in [2.24, 2.45) is 0 Å². The molecule has 0 rings (SSSR count). The average molecular weight is 114 g/mol. The quantitative estimate of drug-likeness (QED) is 0.508. The zero-order valence-electron chi connectivity index (χ0n) is 5.26. The maximum Gasteiger partial charge on any atom is 0.483 e. The largest absolute Gasteiger partial charge is 0.483 e. The zero-order chi connectivity index (χ0) is 6.57. The normalized spacial score (nSPS) is 11.8. The van der Waals surface area contributed by atoms with Crippen molar-refractivity contribution in [1.29, 1.82) is 0 Å². The van der Waals surface area contributed by atoms with E-state index in [1.54, 1.807) is 13.0 Å². The Labute approximate surface area is 50.0 Å². The number of rotatable bonds is 2. The molecule has 0 fully saturated rings. The van der Waals surface area contributed by atoms with Crippen LogP contribution in [0.2, 0.25) is 0 Å². The first-order valence-electron chi connectivity index (χ1n) is 2.73. The Balaban J connectivity index is 3.72. The van der Waals surface area contributed by atoms with Gasteiger partial charge in [-0.15, -0.1) is 0 Å². The molecule has 0 radical (unpaired) electrons. The Kier molecular flexibility index (Phi) is 3.57. The average Bonchev–Trinajstić information content (AvgIpc) is 1.69. The number of hydrogen-bond donors (Lipinski definition) is 2. The molecule has 0 heterocycles. The van der Waals surface area contributed by atoms with Crippen LogP contribution in [-0.4, -0.2) is 17.2 Å². The first kappa shape index (κ1) is 7.72. The van der Waals surface area contributed by atoms with Crippen molar-refractivity contribution in [2.75, 3.05) is 0 Å². The van der Waals surface area contributed by atoms with Crippen LogP contribution in [0.1, 0.15) is 20.3 Å². The third-order valence-corrected chi connectivity index (χ3v) is 1.11. The highest BCUT2D eigenvalue weighted by Crippen LogP contribution is 1.99. The predicted molar refractivity (Wildman–Crippen MR) is 34.2 cm³/mol. The van der Waals surface area contributed by atoms with Gasteiger partial charge in [-0.1, -0.05) is 13.0 Å². The molecule has 0 atom stereocenters. The van der Waals surface area contributed by atoms with Crippen molar-refractivity contribution in [2.45, 2.75) is 20.3 Å². The van der Waals surface area contributed by atoms with Crippen molar-refractivity contribution in [3.8, 4) is 0 Å².